The maximum Gasteiger partial charge on any atom is 0.253 e. The Bertz CT molecular complexity index is 617. The summed E-state index contributed by atoms with van der Waals surface area (Å²) in [5.74, 6) is 1.84. The van der Waals surface area contributed by atoms with Gasteiger partial charge in [-0.25, -0.2) is 4.98 Å². The molecule has 0 aliphatic heterocycles. The first-order valence-corrected chi connectivity index (χ1v) is 6.17. The van der Waals surface area contributed by atoms with Crippen molar-refractivity contribution in [2.24, 2.45) is 0 Å². The summed E-state index contributed by atoms with van der Waals surface area (Å²) >= 11 is 0. The minimum Gasteiger partial charge on any atom is -0.310 e. The first kappa shape index (κ1) is 11.1. The van der Waals surface area contributed by atoms with E-state index in [1.807, 2.05) is 30.7 Å². The number of H-pyrrole nitrogens is 1. The molecule has 0 bridgehead atoms. The van der Waals surface area contributed by atoms with E-state index in [9.17, 15) is 4.79 Å². The smallest absolute Gasteiger partial charge is 0.253 e. The summed E-state index contributed by atoms with van der Waals surface area (Å²) in [5.41, 5.74) is 5.24. The molecule has 1 saturated carbocycles. The molecule has 1 aliphatic rings. The van der Waals surface area contributed by atoms with Crippen LogP contribution in [-0.2, 0) is 0 Å². The average molecular weight is 244 g/mol. The zero-order valence-electron chi connectivity index (χ0n) is 10.5. The van der Waals surface area contributed by atoms with Crippen molar-refractivity contribution in [2.45, 2.75) is 32.6 Å². The molecule has 2 aromatic rings. The normalized spacial score (nSPS) is 14.8. The van der Waals surface area contributed by atoms with Crippen LogP contribution in [0.2, 0.25) is 0 Å². The van der Waals surface area contributed by atoms with Crippen LogP contribution in [-0.4, -0.2) is 14.6 Å². The lowest BCUT2D eigenvalue weighted by Gasteiger charge is -2.12. The van der Waals surface area contributed by atoms with Gasteiger partial charge in [-0.15, -0.1) is 0 Å². The Kier molecular flexibility index (Phi) is 2.47. The SMILES string of the molecule is Cc1ccc(C)n1Nc1cc(=O)[nH]c(C2CC2)n1. The third-order valence-corrected chi connectivity index (χ3v) is 3.22. The number of rotatable bonds is 3. The van der Waals surface area contributed by atoms with E-state index in [2.05, 4.69) is 15.4 Å². The van der Waals surface area contributed by atoms with Crippen molar-refractivity contribution in [2.75, 3.05) is 5.43 Å². The molecule has 0 saturated heterocycles. The van der Waals surface area contributed by atoms with Gasteiger partial charge >= 0.3 is 0 Å². The fourth-order valence-electron chi connectivity index (χ4n) is 2.04. The van der Waals surface area contributed by atoms with Gasteiger partial charge < -0.3 is 4.98 Å². The molecule has 0 unspecified atom stereocenters. The van der Waals surface area contributed by atoms with E-state index in [1.165, 1.54) is 6.07 Å². The largest absolute Gasteiger partial charge is 0.310 e. The lowest BCUT2D eigenvalue weighted by atomic mass is 10.4. The number of nitrogens with zero attached hydrogens (tertiary/aromatic N) is 2. The van der Waals surface area contributed by atoms with Gasteiger partial charge in [0.25, 0.3) is 5.56 Å². The van der Waals surface area contributed by atoms with Crippen molar-refractivity contribution < 1.29 is 0 Å². The van der Waals surface area contributed by atoms with Crippen LogP contribution in [0.1, 0.15) is 36.0 Å². The van der Waals surface area contributed by atoms with E-state index in [4.69, 9.17) is 0 Å². The van der Waals surface area contributed by atoms with Gasteiger partial charge in [-0.1, -0.05) is 0 Å². The summed E-state index contributed by atoms with van der Waals surface area (Å²) < 4.78 is 1.93. The van der Waals surface area contributed by atoms with Gasteiger partial charge in [-0.2, -0.15) is 0 Å². The van der Waals surface area contributed by atoms with Crippen molar-refractivity contribution in [1.82, 2.24) is 14.6 Å². The summed E-state index contributed by atoms with van der Waals surface area (Å²) in [6.07, 6.45) is 2.24. The van der Waals surface area contributed by atoms with Gasteiger partial charge in [-0.05, 0) is 38.8 Å². The molecule has 0 radical (unpaired) electrons. The second-order valence-corrected chi connectivity index (χ2v) is 4.85. The molecule has 18 heavy (non-hydrogen) atoms. The van der Waals surface area contributed by atoms with Crippen LogP contribution in [0.25, 0.3) is 0 Å². The molecule has 2 aromatic heterocycles. The number of aromatic amines is 1. The van der Waals surface area contributed by atoms with Crippen LogP contribution in [0.5, 0.6) is 0 Å². The molecule has 5 nitrogen and oxygen atoms in total. The molecule has 1 aliphatic carbocycles. The Morgan fingerprint density at radius 1 is 1.33 bits per heavy atom. The highest BCUT2D eigenvalue weighted by molar-refractivity contribution is 5.35. The van der Waals surface area contributed by atoms with Gasteiger partial charge in [0.15, 0.2) is 5.82 Å². The minimum atomic E-state index is -0.100. The predicted octanol–water partition coefficient (Wildman–Crippen LogP) is 1.94. The highest BCUT2D eigenvalue weighted by Gasteiger charge is 2.26. The van der Waals surface area contributed by atoms with Gasteiger partial charge in [0, 0.05) is 23.4 Å². The Morgan fingerprint density at radius 3 is 2.61 bits per heavy atom. The first-order valence-electron chi connectivity index (χ1n) is 6.17. The molecule has 0 atom stereocenters. The Balaban J connectivity index is 1.95. The molecular formula is C13H16N4O. The molecule has 94 valence electrons. The number of aryl methyl sites for hydroxylation is 2. The van der Waals surface area contributed by atoms with Crippen molar-refractivity contribution in [3.8, 4) is 0 Å². The van der Waals surface area contributed by atoms with Crippen LogP contribution in [0.15, 0.2) is 23.0 Å². The van der Waals surface area contributed by atoms with Gasteiger partial charge in [0.2, 0.25) is 0 Å². The monoisotopic (exact) mass is 244 g/mol. The number of hydrogen-bond donors (Lipinski definition) is 2. The van der Waals surface area contributed by atoms with E-state index >= 15 is 0 Å². The van der Waals surface area contributed by atoms with Crippen LogP contribution in [0.3, 0.4) is 0 Å². The fourth-order valence-corrected chi connectivity index (χ4v) is 2.04. The molecule has 1 fully saturated rings. The van der Waals surface area contributed by atoms with Gasteiger partial charge in [0.1, 0.15) is 5.82 Å². The summed E-state index contributed by atoms with van der Waals surface area (Å²) in [6, 6.07) is 5.54. The van der Waals surface area contributed by atoms with Crippen LogP contribution in [0.4, 0.5) is 5.82 Å². The molecule has 2 N–H and O–H groups in total. The molecule has 0 aromatic carbocycles. The molecule has 2 heterocycles. The summed E-state index contributed by atoms with van der Waals surface area (Å²) in [6.45, 7) is 4.02. The van der Waals surface area contributed by atoms with E-state index in [-0.39, 0.29) is 5.56 Å². The average Bonchev–Trinajstić information content (AvgIpc) is 3.12. The second kappa shape index (κ2) is 4.01. The van der Waals surface area contributed by atoms with Crippen molar-refractivity contribution in [1.29, 1.82) is 0 Å². The van der Waals surface area contributed by atoms with Crippen LogP contribution < -0.4 is 11.0 Å². The first-order chi connectivity index (χ1) is 8.63. The molecule has 3 rings (SSSR count). The summed E-state index contributed by atoms with van der Waals surface area (Å²) in [7, 11) is 0. The molecule has 0 spiro atoms. The maximum absolute atomic E-state index is 11.6. The van der Waals surface area contributed by atoms with Crippen molar-refractivity contribution in [3.63, 3.8) is 0 Å². The van der Waals surface area contributed by atoms with E-state index in [0.717, 1.165) is 30.1 Å². The van der Waals surface area contributed by atoms with Crippen LogP contribution in [0, 0.1) is 13.8 Å². The Morgan fingerprint density at radius 2 is 2.00 bits per heavy atom. The number of aromatic nitrogens is 3. The maximum atomic E-state index is 11.6. The van der Waals surface area contributed by atoms with Gasteiger partial charge in [0.05, 0.1) is 0 Å². The molecular weight excluding hydrogens is 228 g/mol. The van der Waals surface area contributed by atoms with E-state index < -0.39 is 0 Å². The summed E-state index contributed by atoms with van der Waals surface area (Å²) in [4.78, 5) is 18.9. The fraction of sp³-hybridized carbons (Fsp3) is 0.385. The topological polar surface area (TPSA) is 62.7 Å². The predicted molar refractivity (Wildman–Crippen MR) is 69.8 cm³/mol. The highest BCUT2D eigenvalue weighted by Crippen LogP contribution is 2.37. The minimum absolute atomic E-state index is 0.100. The zero-order valence-corrected chi connectivity index (χ0v) is 10.5. The summed E-state index contributed by atoms with van der Waals surface area (Å²) in [5, 5.41) is 0. The molecule has 0 amide bonds. The van der Waals surface area contributed by atoms with Crippen molar-refractivity contribution in [3.05, 3.63) is 45.8 Å². The Labute approximate surface area is 105 Å². The number of nitrogens with one attached hydrogen (secondary N) is 2. The highest BCUT2D eigenvalue weighted by atomic mass is 16.1. The quantitative estimate of drug-likeness (QED) is 0.867. The lowest BCUT2D eigenvalue weighted by molar-refractivity contribution is 0.844. The van der Waals surface area contributed by atoms with Gasteiger partial charge in [-0.3, -0.25) is 14.9 Å². The number of hydrogen-bond acceptors (Lipinski definition) is 3. The van der Waals surface area contributed by atoms with Crippen LogP contribution >= 0.6 is 0 Å². The second-order valence-electron chi connectivity index (χ2n) is 4.85. The Hall–Kier alpha value is -2.04. The molecule has 5 heteroatoms. The van der Waals surface area contributed by atoms with Crippen molar-refractivity contribution >= 4 is 5.82 Å². The number of anilines is 1. The van der Waals surface area contributed by atoms with E-state index in [0.29, 0.717) is 11.7 Å². The third kappa shape index (κ3) is 2.03. The van der Waals surface area contributed by atoms with E-state index in [1.54, 1.807) is 0 Å². The standard InChI is InChI=1S/C13H16N4O/c1-8-3-4-9(2)17(8)16-11-7-12(18)15-13(14-11)10-5-6-10/h3-4,7,10H,5-6H2,1-2H3,(H2,14,15,16,18). The third-order valence-electron chi connectivity index (χ3n) is 3.22. The lowest BCUT2D eigenvalue weighted by Crippen LogP contribution is -2.18. The zero-order chi connectivity index (χ0) is 12.7.